The molecule has 9 heteroatoms. The number of aromatic hydroxyl groups is 1. The maximum atomic E-state index is 11.9. The Hall–Kier alpha value is -3.04. The van der Waals surface area contributed by atoms with Crippen LogP contribution in [0.4, 0.5) is 0 Å². The first kappa shape index (κ1) is 18.3. The van der Waals surface area contributed by atoms with E-state index in [1.165, 1.54) is 31.4 Å². The molecule has 0 aliphatic carbocycles. The summed E-state index contributed by atoms with van der Waals surface area (Å²) >= 11 is 0. The molecule has 0 saturated heterocycles. The quantitative estimate of drug-likeness (QED) is 0.411. The number of carbonyl (C=O) groups excluding carboxylic acids is 2. The molecule has 1 heterocycles. The van der Waals surface area contributed by atoms with Gasteiger partial charge in [-0.15, -0.1) is 0 Å². The number of cyclic esters (lactones) is 1. The smallest absolute Gasteiger partial charge is 0.378 e. The molecular weight excluding hydrogens is 336 g/mol. The van der Waals surface area contributed by atoms with Crippen LogP contribution in [0.25, 0.3) is 6.08 Å². The standard InChI is InChI=1S/C16H16O9/c1-23-11-6-8(2-4-9(11)18)3-5-12(20)24-15-13(21)16(22)25-14(15)10(19)7-17/h2-6,10,14,17-19,21H,7H2,1H3/t10-,14+/m0/s1. The second kappa shape index (κ2) is 7.69. The van der Waals surface area contributed by atoms with Gasteiger partial charge in [-0.3, -0.25) is 0 Å². The summed E-state index contributed by atoms with van der Waals surface area (Å²) in [6.45, 7) is -0.768. The first-order valence-electron chi connectivity index (χ1n) is 7.07. The number of esters is 2. The van der Waals surface area contributed by atoms with E-state index in [0.717, 1.165) is 6.08 Å². The molecule has 134 valence electrons. The summed E-state index contributed by atoms with van der Waals surface area (Å²) in [4.78, 5) is 23.2. The summed E-state index contributed by atoms with van der Waals surface area (Å²) < 4.78 is 14.4. The van der Waals surface area contributed by atoms with Crippen molar-refractivity contribution in [1.82, 2.24) is 0 Å². The fourth-order valence-electron chi connectivity index (χ4n) is 2.02. The van der Waals surface area contributed by atoms with Crippen LogP contribution in [0.2, 0.25) is 0 Å². The van der Waals surface area contributed by atoms with Crippen molar-refractivity contribution in [2.75, 3.05) is 13.7 Å². The third-order valence-corrected chi connectivity index (χ3v) is 3.28. The molecule has 0 fully saturated rings. The SMILES string of the molecule is COc1cc(C=CC(=O)OC2=C(O)C(=O)O[C@@H]2[C@@H](O)CO)ccc1O. The van der Waals surface area contributed by atoms with Crippen LogP contribution >= 0.6 is 0 Å². The molecule has 4 N–H and O–H groups in total. The Bertz CT molecular complexity index is 735. The number of methoxy groups -OCH3 is 1. The molecule has 2 atom stereocenters. The second-order valence-corrected chi connectivity index (χ2v) is 4.97. The first-order valence-corrected chi connectivity index (χ1v) is 7.07. The molecule has 2 rings (SSSR count). The predicted octanol–water partition coefficient (Wildman–Crippen LogP) is 0.00540. The molecule has 0 amide bonds. The van der Waals surface area contributed by atoms with E-state index in [1.807, 2.05) is 0 Å². The average molecular weight is 352 g/mol. The van der Waals surface area contributed by atoms with Gasteiger partial charge in [0.25, 0.3) is 0 Å². The van der Waals surface area contributed by atoms with Crippen LogP contribution in [0.3, 0.4) is 0 Å². The highest BCUT2D eigenvalue weighted by atomic mass is 16.6. The molecule has 0 bridgehead atoms. The van der Waals surface area contributed by atoms with Crippen LogP contribution in [0.5, 0.6) is 11.5 Å². The van der Waals surface area contributed by atoms with Gasteiger partial charge in [0.1, 0.15) is 6.10 Å². The van der Waals surface area contributed by atoms with Gasteiger partial charge in [0.15, 0.2) is 17.6 Å². The highest BCUT2D eigenvalue weighted by Crippen LogP contribution is 2.27. The fraction of sp³-hybridized carbons (Fsp3) is 0.250. The monoisotopic (exact) mass is 352 g/mol. The normalized spacial score (nSPS) is 18.4. The molecule has 1 aromatic carbocycles. The van der Waals surface area contributed by atoms with Gasteiger partial charge in [-0.25, -0.2) is 9.59 Å². The number of ether oxygens (including phenoxy) is 3. The summed E-state index contributed by atoms with van der Waals surface area (Å²) in [5.74, 6) is -3.53. The third-order valence-electron chi connectivity index (χ3n) is 3.28. The van der Waals surface area contributed by atoms with E-state index in [2.05, 4.69) is 4.74 Å². The van der Waals surface area contributed by atoms with E-state index in [0.29, 0.717) is 5.56 Å². The lowest BCUT2D eigenvalue weighted by molar-refractivity contribution is -0.150. The minimum absolute atomic E-state index is 0.0697. The van der Waals surface area contributed by atoms with Crippen molar-refractivity contribution >= 4 is 18.0 Å². The highest BCUT2D eigenvalue weighted by molar-refractivity contribution is 5.92. The number of aliphatic hydroxyl groups is 3. The van der Waals surface area contributed by atoms with Gasteiger partial charge in [-0.05, 0) is 23.8 Å². The van der Waals surface area contributed by atoms with E-state index in [-0.39, 0.29) is 11.5 Å². The number of aliphatic hydroxyl groups excluding tert-OH is 3. The highest BCUT2D eigenvalue weighted by Gasteiger charge is 2.41. The summed E-state index contributed by atoms with van der Waals surface area (Å²) in [5.41, 5.74) is 0.510. The van der Waals surface area contributed by atoms with Gasteiger partial charge in [-0.2, -0.15) is 0 Å². The molecule has 25 heavy (non-hydrogen) atoms. The van der Waals surface area contributed by atoms with Gasteiger partial charge in [-0.1, -0.05) is 6.07 Å². The van der Waals surface area contributed by atoms with Crippen LogP contribution < -0.4 is 4.74 Å². The van der Waals surface area contributed by atoms with Crippen molar-refractivity contribution < 1.29 is 44.2 Å². The zero-order chi connectivity index (χ0) is 18.6. The lowest BCUT2D eigenvalue weighted by Gasteiger charge is -2.16. The fourth-order valence-corrected chi connectivity index (χ4v) is 2.02. The maximum Gasteiger partial charge on any atom is 0.378 e. The van der Waals surface area contributed by atoms with Crippen molar-refractivity contribution in [2.45, 2.75) is 12.2 Å². The molecule has 1 aliphatic heterocycles. The Kier molecular flexibility index (Phi) is 5.63. The van der Waals surface area contributed by atoms with Crippen LogP contribution in [-0.4, -0.2) is 58.3 Å². The number of hydrogen-bond donors (Lipinski definition) is 4. The van der Waals surface area contributed by atoms with Gasteiger partial charge in [0.05, 0.1) is 13.7 Å². The summed E-state index contributed by atoms with van der Waals surface area (Å²) in [7, 11) is 1.37. The minimum atomic E-state index is -1.55. The topological polar surface area (TPSA) is 143 Å². The Morgan fingerprint density at radius 3 is 2.76 bits per heavy atom. The Balaban J connectivity index is 2.12. The maximum absolute atomic E-state index is 11.9. The van der Waals surface area contributed by atoms with Crippen LogP contribution in [0.15, 0.2) is 35.8 Å². The van der Waals surface area contributed by atoms with Gasteiger partial charge >= 0.3 is 11.9 Å². The molecule has 0 saturated carbocycles. The molecule has 1 aliphatic rings. The summed E-state index contributed by atoms with van der Waals surface area (Å²) in [6, 6.07) is 4.35. The summed E-state index contributed by atoms with van der Waals surface area (Å²) in [5, 5.41) is 37.5. The molecule has 0 unspecified atom stereocenters. The van der Waals surface area contributed by atoms with Crippen molar-refractivity contribution in [2.24, 2.45) is 0 Å². The molecule has 9 nitrogen and oxygen atoms in total. The lowest BCUT2D eigenvalue weighted by Crippen LogP contribution is -2.32. The van der Waals surface area contributed by atoms with Gasteiger partial charge in [0, 0.05) is 6.08 Å². The number of phenols is 1. The van der Waals surface area contributed by atoms with Crippen LogP contribution in [0.1, 0.15) is 5.56 Å². The predicted molar refractivity (Wildman–Crippen MR) is 82.4 cm³/mol. The number of hydrogen-bond acceptors (Lipinski definition) is 9. The van der Waals surface area contributed by atoms with Crippen LogP contribution in [0, 0.1) is 0 Å². The molecule has 0 aromatic heterocycles. The minimum Gasteiger partial charge on any atom is -0.504 e. The Morgan fingerprint density at radius 1 is 1.40 bits per heavy atom. The lowest BCUT2D eigenvalue weighted by atomic mass is 10.2. The number of carbonyl (C=O) groups is 2. The van der Waals surface area contributed by atoms with Crippen molar-refractivity contribution in [3.05, 3.63) is 41.4 Å². The van der Waals surface area contributed by atoms with E-state index in [1.54, 1.807) is 0 Å². The second-order valence-electron chi connectivity index (χ2n) is 4.97. The Labute approximate surface area is 142 Å². The van der Waals surface area contributed by atoms with E-state index >= 15 is 0 Å². The van der Waals surface area contributed by atoms with E-state index < -0.39 is 42.3 Å². The Morgan fingerprint density at radius 2 is 2.12 bits per heavy atom. The third kappa shape index (κ3) is 4.08. The number of phenolic OH excluding ortho intramolecular Hbond substituents is 1. The van der Waals surface area contributed by atoms with Gasteiger partial charge in [0.2, 0.25) is 11.5 Å². The summed E-state index contributed by atoms with van der Waals surface area (Å²) in [6.07, 6.45) is -0.695. The zero-order valence-electron chi connectivity index (χ0n) is 13.1. The molecule has 1 aromatic rings. The van der Waals surface area contributed by atoms with Gasteiger partial charge < -0.3 is 34.6 Å². The largest absolute Gasteiger partial charge is 0.504 e. The zero-order valence-corrected chi connectivity index (χ0v) is 13.1. The molecular formula is C16H16O9. The van der Waals surface area contributed by atoms with Crippen molar-refractivity contribution in [3.63, 3.8) is 0 Å². The van der Waals surface area contributed by atoms with Crippen molar-refractivity contribution in [3.8, 4) is 11.5 Å². The first-order chi connectivity index (χ1) is 11.9. The molecule has 0 spiro atoms. The van der Waals surface area contributed by atoms with E-state index in [9.17, 15) is 24.9 Å². The van der Waals surface area contributed by atoms with Crippen LogP contribution in [-0.2, 0) is 19.1 Å². The van der Waals surface area contributed by atoms with Crippen molar-refractivity contribution in [1.29, 1.82) is 0 Å². The van der Waals surface area contributed by atoms with E-state index in [4.69, 9.17) is 14.6 Å². The molecule has 0 radical (unpaired) electrons. The average Bonchev–Trinajstić information content (AvgIpc) is 2.88. The number of rotatable bonds is 6. The number of benzene rings is 1.